The van der Waals surface area contributed by atoms with Crippen LogP contribution < -0.4 is 4.90 Å². The molecule has 94 valence electrons. The van der Waals surface area contributed by atoms with Gasteiger partial charge in [0.25, 0.3) is 0 Å². The number of hydrogen-bond acceptors (Lipinski definition) is 3. The van der Waals surface area contributed by atoms with E-state index in [9.17, 15) is 5.11 Å². The maximum atomic E-state index is 10.0. The Hall–Kier alpha value is -1.06. The van der Waals surface area contributed by atoms with E-state index in [0.717, 1.165) is 11.3 Å². The summed E-state index contributed by atoms with van der Waals surface area (Å²) in [5.41, 5.74) is 2.06. The minimum Gasteiger partial charge on any atom is -0.395 e. The molecule has 1 aromatic carbocycles. The van der Waals surface area contributed by atoms with Crippen molar-refractivity contribution in [2.75, 3.05) is 18.1 Å². The van der Waals surface area contributed by atoms with Gasteiger partial charge in [-0.25, -0.2) is 0 Å². The van der Waals surface area contributed by atoms with Crippen LogP contribution in [0.25, 0.3) is 0 Å². The topological polar surface area (TPSA) is 43.7 Å². The molecule has 0 bridgehead atoms. The van der Waals surface area contributed by atoms with Crippen molar-refractivity contribution in [1.29, 1.82) is 0 Å². The molecule has 0 spiro atoms. The maximum absolute atomic E-state index is 10.0. The second-order valence-electron chi connectivity index (χ2n) is 4.63. The summed E-state index contributed by atoms with van der Waals surface area (Å²) in [4.78, 5) is 2.23. The Morgan fingerprint density at radius 3 is 2.65 bits per heavy atom. The van der Waals surface area contributed by atoms with E-state index in [1.54, 1.807) is 0 Å². The highest BCUT2D eigenvalue weighted by molar-refractivity contribution is 5.56. The molecule has 1 atom stereocenters. The minimum atomic E-state index is -0.411. The summed E-state index contributed by atoms with van der Waals surface area (Å²) >= 11 is 0. The fourth-order valence-electron chi connectivity index (χ4n) is 2.24. The first-order chi connectivity index (χ1) is 8.27. The lowest BCUT2D eigenvalue weighted by atomic mass is 10.0. The van der Waals surface area contributed by atoms with E-state index < -0.39 is 6.10 Å². The minimum absolute atomic E-state index is 0.160. The van der Waals surface area contributed by atoms with Crippen LogP contribution in [0.4, 0.5) is 5.69 Å². The van der Waals surface area contributed by atoms with Gasteiger partial charge < -0.3 is 15.1 Å². The van der Waals surface area contributed by atoms with Crippen LogP contribution in [0.1, 0.15) is 37.9 Å². The van der Waals surface area contributed by atoms with Crippen LogP contribution >= 0.6 is 0 Å². The largest absolute Gasteiger partial charge is 0.395 e. The summed E-state index contributed by atoms with van der Waals surface area (Å²) in [6.45, 7) is 2.79. The number of para-hydroxylation sites is 1. The summed E-state index contributed by atoms with van der Waals surface area (Å²) < 4.78 is 0. The molecular weight excluding hydrogens is 214 g/mol. The molecule has 0 saturated heterocycles. The summed E-state index contributed by atoms with van der Waals surface area (Å²) in [6, 6.07) is 8.53. The molecule has 0 heterocycles. The van der Waals surface area contributed by atoms with Gasteiger partial charge in [-0.05, 0) is 25.3 Å². The first kappa shape index (κ1) is 12.4. The van der Waals surface area contributed by atoms with Gasteiger partial charge in [-0.2, -0.15) is 0 Å². The smallest absolute Gasteiger partial charge is 0.0807 e. The van der Waals surface area contributed by atoms with Crippen molar-refractivity contribution in [3.05, 3.63) is 29.8 Å². The lowest BCUT2D eigenvalue weighted by Gasteiger charge is -2.27. The number of aliphatic hydroxyl groups excluding tert-OH is 2. The number of aliphatic hydroxyl groups is 2. The monoisotopic (exact) mass is 235 g/mol. The Morgan fingerprint density at radius 2 is 2.06 bits per heavy atom. The van der Waals surface area contributed by atoms with E-state index in [-0.39, 0.29) is 6.61 Å². The zero-order valence-electron chi connectivity index (χ0n) is 10.3. The van der Waals surface area contributed by atoms with Gasteiger partial charge in [-0.3, -0.25) is 0 Å². The molecule has 1 aliphatic rings. The van der Waals surface area contributed by atoms with Gasteiger partial charge in [0.05, 0.1) is 12.7 Å². The molecule has 1 fully saturated rings. The van der Waals surface area contributed by atoms with Gasteiger partial charge in [0.15, 0.2) is 0 Å². The molecule has 1 aromatic rings. The number of benzene rings is 1. The van der Waals surface area contributed by atoms with E-state index in [1.165, 1.54) is 12.8 Å². The maximum Gasteiger partial charge on any atom is 0.0807 e. The van der Waals surface area contributed by atoms with Crippen LogP contribution in [0.5, 0.6) is 0 Å². The molecule has 0 aliphatic heterocycles. The zero-order chi connectivity index (χ0) is 12.3. The quantitative estimate of drug-likeness (QED) is 0.793. The molecule has 0 radical (unpaired) electrons. The average Bonchev–Trinajstić information content (AvgIpc) is 3.19. The first-order valence-electron chi connectivity index (χ1n) is 6.42. The predicted octanol–water partition coefficient (Wildman–Crippen LogP) is 2.09. The van der Waals surface area contributed by atoms with Gasteiger partial charge in [0.1, 0.15) is 0 Å². The molecule has 3 heteroatoms. The van der Waals surface area contributed by atoms with Gasteiger partial charge in [0.2, 0.25) is 0 Å². The lowest BCUT2D eigenvalue weighted by molar-refractivity contribution is 0.174. The average molecular weight is 235 g/mol. The standard InChI is InChI=1S/C14H21NO2/c1-2-14(17)12-5-3-4-6-13(12)15(9-10-16)11-7-8-11/h3-6,11,14,16-17H,2,7-10H2,1H3/t14-/m0/s1. The molecule has 0 aromatic heterocycles. The van der Waals surface area contributed by atoms with Crippen molar-refractivity contribution in [2.45, 2.75) is 38.3 Å². The Bertz CT molecular complexity index is 363. The third-order valence-corrected chi connectivity index (χ3v) is 3.32. The molecule has 2 N–H and O–H groups in total. The second kappa shape index (κ2) is 5.52. The predicted molar refractivity (Wildman–Crippen MR) is 69.1 cm³/mol. The van der Waals surface area contributed by atoms with Gasteiger partial charge in [0, 0.05) is 23.8 Å². The fourth-order valence-corrected chi connectivity index (χ4v) is 2.24. The van der Waals surface area contributed by atoms with Gasteiger partial charge >= 0.3 is 0 Å². The van der Waals surface area contributed by atoms with Crippen molar-refractivity contribution >= 4 is 5.69 Å². The Kier molecular flexibility index (Phi) is 4.02. The second-order valence-corrected chi connectivity index (χ2v) is 4.63. The van der Waals surface area contributed by atoms with Gasteiger partial charge in [-0.15, -0.1) is 0 Å². The van der Waals surface area contributed by atoms with Crippen LogP contribution in [0, 0.1) is 0 Å². The highest BCUT2D eigenvalue weighted by atomic mass is 16.3. The molecule has 2 rings (SSSR count). The van der Waals surface area contributed by atoms with Crippen LogP contribution in [-0.4, -0.2) is 29.4 Å². The molecule has 0 unspecified atom stereocenters. The lowest BCUT2D eigenvalue weighted by Crippen LogP contribution is -2.30. The normalized spacial score (nSPS) is 16.9. The third kappa shape index (κ3) is 2.79. The van der Waals surface area contributed by atoms with Gasteiger partial charge in [-0.1, -0.05) is 25.1 Å². The number of nitrogens with zero attached hydrogens (tertiary/aromatic N) is 1. The number of rotatable bonds is 6. The van der Waals surface area contributed by atoms with Crippen LogP contribution in [-0.2, 0) is 0 Å². The van der Waals surface area contributed by atoms with Crippen molar-refractivity contribution in [1.82, 2.24) is 0 Å². The summed E-state index contributed by atoms with van der Waals surface area (Å²) in [7, 11) is 0. The highest BCUT2D eigenvalue weighted by Gasteiger charge is 2.30. The first-order valence-corrected chi connectivity index (χ1v) is 6.42. The Morgan fingerprint density at radius 1 is 1.35 bits per heavy atom. The zero-order valence-corrected chi connectivity index (χ0v) is 10.3. The van der Waals surface area contributed by atoms with Crippen LogP contribution in [0.15, 0.2) is 24.3 Å². The number of anilines is 1. The highest BCUT2D eigenvalue weighted by Crippen LogP contribution is 2.35. The molecule has 0 amide bonds. The Balaban J connectivity index is 2.28. The fraction of sp³-hybridized carbons (Fsp3) is 0.571. The SMILES string of the molecule is CC[C@H](O)c1ccccc1N(CCO)C1CC1. The molecule has 17 heavy (non-hydrogen) atoms. The van der Waals surface area contributed by atoms with E-state index >= 15 is 0 Å². The van der Waals surface area contributed by atoms with E-state index in [4.69, 9.17) is 5.11 Å². The molecule has 1 aliphatic carbocycles. The summed E-state index contributed by atoms with van der Waals surface area (Å²) in [6.07, 6.45) is 2.69. The van der Waals surface area contributed by atoms with Crippen molar-refractivity contribution in [2.24, 2.45) is 0 Å². The summed E-state index contributed by atoms with van der Waals surface area (Å²) in [5.74, 6) is 0. The summed E-state index contributed by atoms with van der Waals surface area (Å²) in [5, 5.41) is 19.2. The van der Waals surface area contributed by atoms with Crippen molar-refractivity contribution < 1.29 is 10.2 Å². The van der Waals surface area contributed by atoms with Crippen molar-refractivity contribution in [3.63, 3.8) is 0 Å². The van der Waals surface area contributed by atoms with Crippen molar-refractivity contribution in [3.8, 4) is 0 Å². The molecule has 1 saturated carbocycles. The number of hydrogen-bond donors (Lipinski definition) is 2. The third-order valence-electron chi connectivity index (χ3n) is 3.32. The molecular formula is C14H21NO2. The van der Waals surface area contributed by atoms with E-state index in [2.05, 4.69) is 4.90 Å². The van der Waals surface area contributed by atoms with Crippen LogP contribution in [0.2, 0.25) is 0 Å². The van der Waals surface area contributed by atoms with Crippen LogP contribution in [0.3, 0.4) is 0 Å². The molecule has 3 nitrogen and oxygen atoms in total. The van der Waals surface area contributed by atoms with E-state index in [1.807, 2.05) is 31.2 Å². The Labute approximate surface area is 103 Å². The van der Waals surface area contributed by atoms with E-state index in [0.29, 0.717) is 19.0 Å².